The van der Waals surface area contributed by atoms with Gasteiger partial charge in [-0.25, -0.2) is 0 Å². The lowest BCUT2D eigenvalue weighted by molar-refractivity contribution is -0.383. The topological polar surface area (TPSA) is 103 Å². The van der Waals surface area contributed by atoms with Crippen LogP contribution in [0.5, 0.6) is 0 Å². The van der Waals surface area contributed by atoms with E-state index >= 15 is 0 Å². The zero-order valence-electron chi connectivity index (χ0n) is 15.0. The molecular formula is C18H16ClN5O3S. The Morgan fingerprint density at radius 3 is 2.71 bits per heavy atom. The monoisotopic (exact) mass is 417 g/mol. The molecule has 28 heavy (non-hydrogen) atoms. The molecule has 0 aliphatic rings. The van der Waals surface area contributed by atoms with Gasteiger partial charge in [0.15, 0.2) is 5.16 Å². The summed E-state index contributed by atoms with van der Waals surface area (Å²) in [7, 11) is 0. The molecule has 0 saturated carbocycles. The molecule has 0 aliphatic carbocycles. The number of rotatable bonds is 6. The summed E-state index contributed by atoms with van der Waals surface area (Å²) in [5.41, 5.74) is 1.82. The third-order valence-electron chi connectivity index (χ3n) is 3.91. The Morgan fingerprint density at radius 1 is 1.25 bits per heavy atom. The van der Waals surface area contributed by atoms with Crippen molar-refractivity contribution in [2.45, 2.75) is 19.0 Å². The molecule has 1 amide bonds. The van der Waals surface area contributed by atoms with Crippen molar-refractivity contribution in [1.82, 2.24) is 14.8 Å². The first-order valence-corrected chi connectivity index (χ1v) is 9.58. The number of aromatic nitrogens is 3. The van der Waals surface area contributed by atoms with E-state index in [2.05, 4.69) is 15.5 Å². The van der Waals surface area contributed by atoms with Gasteiger partial charge in [0, 0.05) is 11.1 Å². The molecule has 8 nitrogen and oxygen atoms in total. The molecule has 3 rings (SSSR count). The molecule has 1 heterocycles. The molecule has 144 valence electrons. The van der Waals surface area contributed by atoms with Crippen LogP contribution in [0.15, 0.2) is 47.6 Å². The summed E-state index contributed by atoms with van der Waals surface area (Å²) >= 11 is 6.99. The molecular weight excluding hydrogens is 402 g/mol. The number of nitro benzene ring substituents is 1. The Kier molecular flexibility index (Phi) is 5.96. The number of aryl methyl sites for hydroxylation is 2. The largest absolute Gasteiger partial charge is 0.320 e. The fourth-order valence-electron chi connectivity index (χ4n) is 2.61. The van der Waals surface area contributed by atoms with E-state index in [4.69, 9.17) is 11.6 Å². The number of carbonyl (C=O) groups is 1. The highest BCUT2D eigenvalue weighted by molar-refractivity contribution is 7.99. The van der Waals surface area contributed by atoms with Crippen molar-refractivity contribution in [3.05, 3.63) is 69.0 Å². The summed E-state index contributed by atoms with van der Waals surface area (Å²) in [6.45, 7) is 3.82. The van der Waals surface area contributed by atoms with E-state index in [-0.39, 0.29) is 22.2 Å². The minimum atomic E-state index is -0.590. The van der Waals surface area contributed by atoms with E-state index in [0.29, 0.717) is 11.0 Å². The van der Waals surface area contributed by atoms with Crippen LogP contribution in [0, 0.1) is 24.0 Å². The summed E-state index contributed by atoms with van der Waals surface area (Å²) in [6.07, 6.45) is 0. The third-order valence-corrected chi connectivity index (χ3v) is 5.08. The second-order valence-electron chi connectivity index (χ2n) is 5.91. The zero-order chi connectivity index (χ0) is 20.3. The molecule has 0 radical (unpaired) electrons. The first-order valence-electron chi connectivity index (χ1n) is 8.21. The van der Waals surface area contributed by atoms with E-state index in [1.807, 2.05) is 42.7 Å². The van der Waals surface area contributed by atoms with E-state index < -0.39 is 10.8 Å². The molecule has 2 aromatic carbocycles. The highest BCUT2D eigenvalue weighted by Gasteiger charge is 2.18. The average molecular weight is 418 g/mol. The number of nitrogens with one attached hydrogen (secondary N) is 1. The summed E-state index contributed by atoms with van der Waals surface area (Å²) in [4.78, 5) is 22.9. The number of nitro groups is 1. The van der Waals surface area contributed by atoms with Crippen LogP contribution in [0.2, 0.25) is 5.02 Å². The Morgan fingerprint density at radius 2 is 2.00 bits per heavy atom. The molecule has 0 spiro atoms. The first kappa shape index (κ1) is 19.8. The van der Waals surface area contributed by atoms with Crippen molar-refractivity contribution >= 4 is 40.6 Å². The number of hydrogen-bond donors (Lipinski definition) is 1. The summed E-state index contributed by atoms with van der Waals surface area (Å²) in [5, 5.41) is 22.7. The van der Waals surface area contributed by atoms with Gasteiger partial charge in [0.05, 0.1) is 16.4 Å². The molecule has 1 aromatic heterocycles. The van der Waals surface area contributed by atoms with Crippen LogP contribution in [0.3, 0.4) is 0 Å². The molecule has 3 aromatic rings. The predicted octanol–water partition coefficient (Wildman–Crippen LogP) is 4.18. The van der Waals surface area contributed by atoms with Gasteiger partial charge in [0.1, 0.15) is 11.5 Å². The number of benzene rings is 2. The third kappa shape index (κ3) is 4.32. The van der Waals surface area contributed by atoms with Crippen molar-refractivity contribution in [3.8, 4) is 5.69 Å². The highest BCUT2D eigenvalue weighted by atomic mass is 35.5. The maximum atomic E-state index is 12.3. The van der Waals surface area contributed by atoms with Crippen LogP contribution in [0.4, 0.5) is 11.4 Å². The van der Waals surface area contributed by atoms with Crippen molar-refractivity contribution < 1.29 is 9.72 Å². The molecule has 1 N–H and O–H groups in total. The smallest absolute Gasteiger partial charge is 0.294 e. The molecule has 0 atom stereocenters. The average Bonchev–Trinajstić information content (AvgIpc) is 3.02. The number of carbonyl (C=O) groups excluding carboxylic acids is 1. The van der Waals surface area contributed by atoms with E-state index in [1.54, 1.807) is 0 Å². The van der Waals surface area contributed by atoms with Gasteiger partial charge in [0.25, 0.3) is 5.69 Å². The van der Waals surface area contributed by atoms with Crippen LogP contribution in [-0.4, -0.2) is 31.3 Å². The number of nitrogens with zero attached hydrogens (tertiary/aromatic N) is 4. The lowest BCUT2D eigenvalue weighted by Crippen LogP contribution is -2.15. The number of thioether (sulfide) groups is 1. The van der Waals surface area contributed by atoms with Gasteiger partial charge in [0.2, 0.25) is 5.91 Å². The summed E-state index contributed by atoms with van der Waals surface area (Å²) in [6, 6.07) is 11.9. The van der Waals surface area contributed by atoms with Crippen molar-refractivity contribution in [1.29, 1.82) is 0 Å². The van der Waals surface area contributed by atoms with E-state index in [1.165, 1.54) is 30.0 Å². The maximum Gasteiger partial charge on any atom is 0.294 e. The van der Waals surface area contributed by atoms with Gasteiger partial charge in [-0.3, -0.25) is 19.5 Å². The van der Waals surface area contributed by atoms with Crippen molar-refractivity contribution in [2.75, 3.05) is 11.1 Å². The Balaban J connectivity index is 1.75. The molecule has 0 aliphatic heterocycles. The summed E-state index contributed by atoms with van der Waals surface area (Å²) < 4.78 is 1.87. The minimum absolute atomic E-state index is 0.0177. The molecule has 0 saturated heterocycles. The van der Waals surface area contributed by atoms with Crippen molar-refractivity contribution in [2.24, 2.45) is 0 Å². The summed E-state index contributed by atoms with van der Waals surface area (Å²) in [5.74, 6) is 0.321. The fraction of sp³-hybridized carbons (Fsp3) is 0.167. The zero-order valence-corrected chi connectivity index (χ0v) is 16.6. The second kappa shape index (κ2) is 8.41. The van der Waals surface area contributed by atoms with Crippen molar-refractivity contribution in [3.63, 3.8) is 0 Å². The number of hydrogen-bond acceptors (Lipinski definition) is 6. The van der Waals surface area contributed by atoms with Gasteiger partial charge < -0.3 is 5.32 Å². The minimum Gasteiger partial charge on any atom is -0.320 e. The first-order chi connectivity index (χ1) is 13.4. The predicted molar refractivity (Wildman–Crippen MR) is 108 cm³/mol. The quantitative estimate of drug-likeness (QED) is 0.366. The highest BCUT2D eigenvalue weighted by Crippen LogP contribution is 2.28. The van der Waals surface area contributed by atoms with Gasteiger partial charge in [-0.2, -0.15) is 0 Å². The van der Waals surface area contributed by atoms with Gasteiger partial charge in [-0.15, -0.1) is 10.2 Å². The number of para-hydroxylation sites is 1. The SMILES string of the molecule is Cc1ccccc1-n1c(C)nnc1SCC(=O)Nc1ccc(Cl)cc1[N+](=O)[O-]. The van der Waals surface area contributed by atoms with Crippen LogP contribution in [-0.2, 0) is 4.79 Å². The van der Waals surface area contributed by atoms with Gasteiger partial charge >= 0.3 is 0 Å². The normalized spacial score (nSPS) is 10.7. The lowest BCUT2D eigenvalue weighted by atomic mass is 10.2. The number of halogens is 1. The second-order valence-corrected chi connectivity index (χ2v) is 7.29. The van der Waals surface area contributed by atoms with Crippen LogP contribution < -0.4 is 5.32 Å². The maximum absolute atomic E-state index is 12.3. The number of anilines is 1. The fourth-order valence-corrected chi connectivity index (χ4v) is 3.56. The molecule has 10 heteroatoms. The van der Waals surface area contributed by atoms with Crippen LogP contribution >= 0.6 is 23.4 Å². The van der Waals surface area contributed by atoms with E-state index in [9.17, 15) is 14.9 Å². The number of amides is 1. The Bertz CT molecular complexity index is 1050. The van der Waals surface area contributed by atoms with Crippen LogP contribution in [0.1, 0.15) is 11.4 Å². The molecule has 0 unspecified atom stereocenters. The molecule has 0 fully saturated rings. The van der Waals surface area contributed by atoms with Crippen LogP contribution in [0.25, 0.3) is 5.69 Å². The van der Waals surface area contributed by atoms with E-state index in [0.717, 1.165) is 11.3 Å². The van der Waals surface area contributed by atoms with Gasteiger partial charge in [-0.05, 0) is 37.6 Å². The molecule has 0 bridgehead atoms. The standard InChI is InChI=1S/C18H16ClN5O3S/c1-11-5-3-4-6-15(11)23-12(2)21-22-18(23)28-10-17(25)20-14-8-7-13(19)9-16(14)24(26)27/h3-9H,10H2,1-2H3,(H,20,25). The Labute approximate surface area is 170 Å². The Hall–Kier alpha value is -2.91. The van der Waals surface area contributed by atoms with Gasteiger partial charge in [-0.1, -0.05) is 41.6 Å². The lowest BCUT2D eigenvalue weighted by Gasteiger charge is -2.11.